The van der Waals surface area contributed by atoms with Gasteiger partial charge in [-0.05, 0) is 42.8 Å². The SMILES string of the molecule is COc1ccc(NC(=O)CSc2ccccc2C(=O)NCCCN(C)c2ccccc2)cc1OC. The highest BCUT2D eigenvalue weighted by Crippen LogP contribution is 2.30. The Kier molecular flexibility index (Phi) is 9.86. The Hall–Kier alpha value is -3.65. The number of anilines is 2. The fourth-order valence-electron chi connectivity index (χ4n) is 3.46. The lowest BCUT2D eigenvalue weighted by molar-refractivity contribution is -0.113. The van der Waals surface area contributed by atoms with Gasteiger partial charge in [-0.25, -0.2) is 0 Å². The van der Waals surface area contributed by atoms with E-state index in [4.69, 9.17) is 9.47 Å². The van der Waals surface area contributed by atoms with Crippen LogP contribution in [0.1, 0.15) is 16.8 Å². The van der Waals surface area contributed by atoms with E-state index in [0.29, 0.717) is 29.3 Å². The van der Waals surface area contributed by atoms with Crippen LogP contribution in [0.25, 0.3) is 0 Å². The zero-order chi connectivity index (χ0) is 25.0. The Bertz CT molecular complexity index is 1120. The van der Waals surface area contributed by atoms with Gasteiger partial charge >= 0.3 is 0 Å². The predicted molar refractivity (Wildman–Crippen MR) is 142 cm³/mol. The molecule has 0 heterocycles. The first-order chi connectivity index (χ1) is 17.0. The molecule has 8 heteroatoms. The summed E-state index contributed by atoms with van der Waals surface area (Å²) in [5.41, 5.74) is 2.32. The maximum absolute atomic E-state index is 12.8. The molecule has 0 aliphatic carbocycles. The number of nitrogens with zero attached hydrogens (tertiary/aromatic N) is 1. The molecule has 3 aromatic carbocycles. The van der Waals surface area contributed by atoms with Crippen molar-refractivity contribution < 1.29 is 19.1 Å². The number of benzene rings is 3. The van der Waals surface area contributed by atoms with Crippen LogP contribution in [0.15, 0.2) is 77.7 Å². The molecule has 2 N–H and O–H groups in total. The Morgan fingerprint density at radius 1 is 0.914 bits per heavy atom. The molecule has 0 aromatic heterocycles. The third kappa shape index (κ3) is 7.68. The largest absolute Gasteiger partial charge is 0.493 e. The summed E-state index contributed by atoms with van der Waals surface area (Å²) in [5.74, 6) is 0.971. The van der Waals surface area contributed by atoms with Gasteiger partial charge < -0.3 is 25.0 Å². The maximum Gasteiger partial charge on any atom is 0.252 e. The van der Waals surface area contributed by atoms with E-state index < -0.39 is 0 Å². The van der Waals surface area contributed by atoms with Gasteiger partial charge in [-0.2, -0.15) is 0 Å². The lowest BCUT2D eigenvalue weighted by Gasteiger charge is -2.19. The van der Waals surface area contributed by atoms with Crippen molar-refractivity contribution in [2.75, 3.05) is 50.3 Å². The molecule has 0 fully saturated rings. The molecular formula is C27H31N3O4S. The summed E-state index contributed by atoms with van der Waals surface area (Å²) in [4.78, 5) is 28.2. The van der Waals surface area contributed by atoms with Crippen molar-refractivity contribution in [1.82, 2.24) is 5.32 Å². The average molecular weight is 494 g/mol. The lowest BCUT2D eigenvalue weighted by Crippen LogP contribution is -2.28. The first-order valence-electron chi connectivity index (χ1n) is 11.3. The molecule has 184 valence electrons. The number of methoxy groups -OCH3 is 2. The van der Waals surface area contributed by atoms with Crippen molar-refractivity contribution in [2.45, 2.75) is 11.3 Å². The number of carbonyl (C=O) groups is 2. The lowest BCUT2D eigenvalue weighted by atomic mass is 10.2. The van der Waals surface area contributed by atoms with Crippen LogP contribution in [0.2, 0.25) is 0 Å². The Balaban J connectivity index is 1.49. The van der Waals surface area contributed by atoms with Crippen LogP contribution < -0.4 is 25.0 Å². The highest BCUT2D eigenvalue weighted by molar-refractivity contribution is 8.00. The molecule has 0 unspecified atom stereocenters. The Morgan fingerprint density at radius 2 is 1.63 bits per heavy atom. The zero-order valence-electron chi connectivity index (χ0n) is 20.2. The van der Waals surface area contributed by atoms with Gasteiger partial charge in [0.1, 0.15) is 0 Å². The second-order valence-corrected chi connectivity index (χ2v) is 8.79. The normalized spacial score (nSPS) is 10.4. The number of nitrogens with one attached hydrogen (secondary N) is 2. The van der Waals surface area contributed by atoms with Crippen LogP contribution in [0.5, 0.6) is 11.5 Å². The number of carbonyl (C=O) groups excluding carboxylic acids is 2. The van der Waals surface area contributed by atoms with Gasteiger partial charge in [0.25, 0.3) is 5.91 Å². The van der Waals surface area contributed by atoms with E-state index in [1.807, 2.05) is 43.4 Å². The van der Waals surface area contributed by atoms with Crippen molar-refractivity contribution in [2.24, 2.45) is 0 Å². The third-order valence-electron chi connectivity index (χ3n) is 5.31. The quantitative estimate of drug-likeness (QED) is 0.281. The van der Waals surface area contributed by atoms with Crippen molar-refractivity contribution in [3.63, 3.8) is 0 Å². The molecule has 35 heavy (non-hydrogen) atoms. The fraction of sp³-hybridized carbons (Fsp3) is 0.259. The van der Waals surface area contributed by atoms with Gasteiger partial charge in [0.05, 0.1) is 25.5 Å². The van der Waals surface area contributed by atoms with Gasteiger partial charge in [-0.15, -0.1) is 11.8 Å². The summed E-state index contributed by atoms with van der Waals surface area (Å²) in [6.07, 6.45) is 0.820. The summed E-state index contributed by atoms with van der Waals surface area (Å²) in [5, 5.41) is 5.84. The molecule has 0 saturated heterocycles. The third-order valence-corrected chi connectivity index (χ3v) is 6.38. The molecule has 0 atom stereocenters. The minimum atomic E-state index is -0.179. The van der Waals surface area contributed by atoms with Gasteiger partial charge in [0.2, 0.25) is 5.91 Å². The molecule has 0 saturated carbocycles. The summed E-state index contributed by atoms with van der Waals surface area (Å²) in [6.45, 7) is 1.39. The molecule has 2 amide bonds. The number of hydrogen-bond donors (Lipinski definition) is 2. The van der Waals surface area contributed by atoms with Gasteiger partial charge in [-0.1, -0.05) is 30.3 Å². The highest BCUT2D eigenvalue weighted by Gasteiger charge is 2.13. The summed E-state index contributed by atoms with van der Waals surface area (Å²) in [7, 11) is 5.14. The predicted octanol–water partition coefficient (Wildman–Crippen LogP) is 4.69. The van der Waals surface area contributed by atoms with Crippen molar-refractivity contribution in [3.8, 4) is 11.5 Å². The molecular weight excluding hydrogens is 462 g/mol. The van der Waals surface area contributed by atoms with E-state index in [0.717, 1.165) is 23.5 Å². The van der Waals surface area contributed by atoms with Crippen LogP contribution in [-0.2, 0) is 4.79 Å². The van der Waals surface area contributed by atoms with E-state index in [1.54, 1.807) is 38.5 Å². The topological polar surface area (TPSA) is 79.9 Å². The Labute approximate surface area is 210 Å². The van der Waals surface area contributed by atoms with E-state index in [1.165, 1.54) is 11.8 Å². The van der Waals surface area contributed by atoms with Crippen LogP contribution in [0.3, 0.4) is 0 Å². The van der Waals surface area contributed by atoms with Crippen molar-refractivity contribution in [3.05, 3.63) is 78.4 Å². The maximum atomic E-state index is 12.8. The minimum Gasteiger partial charge on any atom is -0.493 e. The number of hydrogen-bond acceptors (Lipinski definition) is 6. The van der Waals surface area contributed by atoms with Crippen molar-refractivity contribution in [1.29, 1.82) is 0 Å². The van der Waals surface area contributed by atoms with Crippen LogP contribution in [0.4, 0.5) is 11.4 Å². The van der Waals surface area contributed by atoms with Gasteiger partial charge in [0.15, 0.2) is 11.5 Å². The summed E-state index contributed by atoms with van der Waals surface area (Å²) >= 11 is 1.32. The first kappa shape index (κ1) is 26.0. The molecule has 7 nitrogen and oxygen atoms in total. The summed E-state index contributed by atoms with van der Waals surface area (Å²) < 4.78 is 10.5. The minimum absolute atomic E-state index is 0.143. The zero-order valence-corrected chi connectivity index (χ0v) is 21.1. The second kappa shape index (κ2) is 13.3. The average Bonchev–Trinajstić information content (AvgIpc) is 2.90. The van der Waals surface area contributed by atoms with E-state index in [9.17, 15) is 9.59 Å². The molecule has 0 bridgehead atoms. The monoisotopic (exact) mass is 493 g/mol. The number of amides is 2. The first-order valence-corrected chi connectivity index (χ1v) is 12.3. The van der Waals surface area contributed by atoms with E-state index in [-0.39, 0.29) is 17.6 Å². The Morgan fingerprint density at radius 3 is 2.37 bits per heavy atom. The molecule has 3 rings (SSSR count). The van der Waals surface area contributed by atoms with Crippen LogP contribution in [0, 0.1) is 0 Å². The molecule has 3 aromatic rings. The highest BCUT2D eigenvalue weighted by atomic mass is 32.2. The molecule has 0 aliphatic heterocycles. The number of thioether (sulfide) groups is 1. The summed E-state index contributed by atoms with van der Waals surface area (Å²) in [6, 6.07) is 22.6. The number of ether oxygens (including phenoxy) is 2. The van der Waals surface area contributed by atoms with Gasteiger partial charge in [-0.3, -0.25) is 9.59 Å². The fourth-order valence-corrected chi connectivity index (χ4v) is 4.31. The van der Waals surface area contributed by atoms with E-state index in [2.05, 4.69) is 27.7 Å². The van der Waals surface area contributed by atoms with Crippen LogP contribution in [-0.4, -0.2) is 51.9 Å². The smallest absolute Gasteiger partial charge is 0.252 e. The molecule has 0 radical (unpaired) electrons. The van der Waals surface area contributed by atoms with Crippen LogP contribution >= 0.6 is 11.8 Å². The van der Waals surface area contributed by atoms with Crippen molar-refractivity contribution >= 4 is 35.0 Å². The number of rotatable bonds is 12. The standard InChI is InChI=1S/C27H31N3O4S/c1-30(21-10-5-4-6-11-21)17-9-16-28-27(32)22-12-7-8-13-25(22)35-19-26(31)29-20-14-15-23(33-2)24(18-20)34-3/h4-8,10-15,18H,9,16-17,19H2,1-3H3,(H,28,32)(H,29,31). The number of para-hydroxylation sites is 1. The van der Waals surface area contributed by atoms with E-state index >= 15 is 0 Å². The molecule has 0 spiro atoms. The second-order valence-electron chi connectivity index (χ2n) is 7.77. The van der Waals surface area contributed by atoms with Gasteiger partial charge in [0, 0.05) is 42.5 Å². The molecule has 0 aliphatic rings.